The number of nitrogens with zero attached hydrogens (tertiary/aromatic N) is 1. The van der Waals surface area contributed by atoms with Crippen LogP contribution in [0.25, 0.3) is 0 Å². The Balaban J connectivity index is 2.07. The Kier molecular flexibility index (Phi) is 6.20. The van der Waals surface area contributed by atoms with Crippen molar-refractivity contribution in [1.82, 2.24) is 10.2 Å². The average Bonchev–Trinajstić information content (AvgIpc) is 2.67. The van der Waals surface area contributed by atoms with Crippen LogP contribution in [0.5, 0.6) is 0 Å². The van der Waals surface area contributed by atoms with E-state index in [1.807, 2.05) is 29.2 Å². The maximum Gasteiger partial charge on any atom is 0.254 e. The highest BCUT2D eigenvalue weighted by molar-refractivity contribution is 6.02. The number of fused-ring (bicyclic) bond motifs is 1. The summed E-state index contributed by atoms with van der Waals surface area (Å²) in [7, 11) is 1.66. The van der Waals surface area contributed by atoms with E-state index in [-0.39, 0.29) is 17.7 Å². The van der Waals surface area contributed by atoms with Crippen LogP contribution in [-0.4, -0.2) is 49.1 Å². The van der Waals surface area contributed by atoms with Crippen molar-refractivity contribution in [2.45, 2.75) is 57.4 Å². The van der Waals surface area contributed by atoms with Crippen LogP contribution in [0.4, 0.5) is 0 Å². The lowest BCUT2D eigenvalue weighted by atomic mass is 9.65. The Morgan fingerprint density at radius 2 is 1.96 bits per heavy atom. The van der Waals surface area contributed by atoms with Gasteiger partial charge in [-0.1, -0.05) is 51.3 Å². The smallest absolute Gasteiger partial charge is 0.254 e. The van der Waals surface area contributed by atoms with Crippen molar-refractivity contribution < 1.29 is 14.3 Å². The van der Waals surface area contributed by atoms with Gasteiger partial charge >= 0.3 is 0 Å². The third-order valence-corrected chi connectivity index (χ3v) is 6.01. The van der Waals surface area contributed by atoms with E-state index < -0.39 is 5.54 Å². The topological polar surface area (TPSA) is 58.6 Å². The first-order valence-corrected chi connectivity index (χ1v) is 10.2. The summed E-state index contributed by atoms with van der Waals surface area (Å²) < 4.78 is 5.30. The number of hydrogen-bond donors (Lipinski definition) is 1. The fourth-order valence-electron chi connectivity index (χ4n) is 4.76. The van der Waals surface area contributed by atoms with Gasteiger partial charge in [-0.15, -0.1) is 0 Å². The predicted octanol–water partition coefficient (Wildman–Crippen LogP) is 3.35. The molecule has 0 unspecified atom stereocenters. The van der Waals surface area contributed by atoms with Crippen molar-refractivity contribution >= 4 is 11.8 Å². The molecule has 27 heavy (non-hydrogen) atoms. The summed E-state index contributed by atoms with van der Waals surface area (Å²) in [6.07, 6.45) is 5.00. The third kappa shape index (κ3) is 3.75. The predicted molar refractivity (Wildman–Crippen MR) is 106 cm³/mol. The Labute approximate surface area is 162 Å². The number of amides is 2. The molecule has 148 valence electrons. The molecule has 1 fully saturated rings. The molecule has 0 aromatic heterocycles. The molecule has 2 amide bonds. The first-order valence-electron chi connectivity index (χ1n) is 10.2. The molecule has 0 bridgehead atoms. The first-order chi connectivity index (χ1) is 13.0. The summed E-state index contributed by atoms with van der Waals surface area (Å²) >= 11 is 0. The highest BCUT2D eigenvalue weighted by atomic mass is 16.5. The van der Waals surface area contributed by atoms with E-state index in [9.17, 15) is 9.59 Å². The zero-order valence-electron chi connectivity index (χ0n) is 16.8. The lowest BCUT2D eigenvalue weighted by molar-refractivity contribution is -0.127. The van der Waals surface area contributed by atoms with Gasteiger partial charge in [0.2, 0.25) is 5.91 Å². The number of carbonyl (C=O) groups excluding carboxylic acids is 2. The minimum absolute atomic E-state index is 0.0393. The second-order valence-electron chi connectivity index (χ2n) is 8.27. The number of rotatable bonds is 6. The molecule has 1 N–H and O–H groups in total. The molecule has 1 spiro atoms. The third-order valence-electron chi connectivity index (χ3n) is 6.01. The average molecular weight is 373 g/mol. The van der Waals surface area contributed by atoms with E-state index in [0.29, 0.717) is 31.2 Å². The van der Waals surface area contributed by atoms with E-state index in [1.54, 1.807) is 7.11 Å². The summed E-state index contributed by atoms with van der Waals surface area (Å²) in [6.45, 7) is 5.85. The molecule has 1 aliphatic carbocycles. The maximum atomic E-state index is 13.4. The van der Waals surface area contributed by atoms with Gasteiger partial charge in [-0.25, -0.2) is 0 Å². The zero-order valence-corrected chi connectivity index (χ0v) is 16.8. The fourth-order valence-corrected chi connectivity index (χ4v) is 4.76. The fraction of sp³-hybridized carbons (Fsp3) is 0.636. The summed E-state index contributed by atoms with van der Waals surface area (Å²) in [5.74, 6) is 0.161. The monoisotopic (exact) mass is 372 g/mol. The molecule has 5 nitrogen and oxygen atoms in total. The number of benzene rings is 1. The van der Waals surface area contributed by atoms with Crippen molar-refractivity contribution in [3.8, 4) is 0 Å². The largest absolute Gasteiger partial charge is 0.383 e. The Morgan fingerprint density at radius 3 is 2.63 bits per heavy atom. The molecule has 1 aliphatic heterocycles. The molecule has 1 aromatic carbocycles. The van der Waals surface area contributed by atoms with Crippen LogP contribution in [0.15, 0.2) is 24.3 Å². The molecular formula is C22H32N2O3. The van der Waals surface area contributed by atoms with Crippen LogP contribution in [0.3, 0.4) is 0 Å². The van der Waals surface area contributed by atoms with Crippen LogP contribution in [0.2, 0.25) is 0 Å². The van der Waals surface area contributed by atoms with Crippen molar-refractivity contribution in [1.29, 1.82) is 0 Å². The van der Waals surface area contributed by atoms with Crippen LogP contribution in [0.1, 0.15) is 67.8 Å². The number of ether oxygens (including phenoxy) is 1. The quantitative estimate of drug-likeness (QED) is 0.833. The normalized spacial score (nSPS) is 21.4. The van der Waals surface area contributed by atoms with Gasteiger partial charge in [0, 0.05) is 25.8 Å². The molecule has 1 aromatic rings. The van der Waals surface area contributed by atoms with E-state index >= 15 is 0 Å². The first kappa shape index (κ1) is 19.9. The molecule has 1 saturated carbocycles. The Morgan fingerprint density at radius 1 is 1.26 bits per heavy atom. The van der Waals surface area contributed by atoms with E-state index in [4.69, 9.17) is 4.74 Å². The lowest BCUT2D eigenvalue weighted by Gasteiger charge is -2.53. The van der Waals surface area contributed by atoms with Crippen molar-refractivity contribution in [3.05, 3.63) is 35.4 Å². The second-order valence-corrected chi connectivity index (χ2v) is 8.27. The molecule has 5 heteroatoms. The standard InChI is InChI=1S/C22H32N2O3/c1-16(2)15-23-20(25)19-17-9-5-6-10-18(17)21(26)24(13-14-27-3)22(19)11-7-4-8-12-22/h5-6,9-10,16,19H,4,7-8,11-15H2,1-3H3,(H,23,25)/t19-/m1/s1. The molecule has 0 saturated heterocycles. The van der Waals surface area contributed by atoms with Crippen LogP contribution in [-0.2, 0) is 9.53 Å². The second kappa shape index (κ2) is 8.42. The Bertz CT molecular complexity index is 680. The highest BCUT2D eigenvalue weighted by Crippen LogP contribution is 2.49. The molecular weight excluding hydrogens is 340 g/mol. The minimum atomic E-state index is -0.441. The van der Waals surface area contributed by atoms with Gasteiger partial charge < -0.3 is 15.0 Å². The van der Waals surface area contributed by atoms with Crippen LogP contribution < -0.4 is 5.32 Å². The highest BCUT2D eigenvalue weighted by Gasteiger charge is 2.54. The molecule has 1 atom stereocenters. The van der Waals surface area contributed by atoms with E-state index in [2.05, 4.69) is 19.2 Å². The number of hydrogen-bond acceptors (Lipinski definition) is 3. The van der Waals surface area contributed by atoms with Gasteiger partial charge in [-0.3, -0.25) is 9.59 Å². The van der Waals surface area contributed by atoms with Gasteiger partial charge in [0.1, 0.15) is 0 Å². The van der Waals surface area contributed by atoms with Gasteiger partial charge in [0.15, 0.2) is 0 Å². The van der Waals surface area contributed by atoms with E-state index in [1.165, 1.54) is 0 Å². The van der Waals surface area contributed by atoms with Gasteiger partial charge in [-0.2, -0.15) is 0 Å². The number of methoxy groups -OCH3 is 1. The van der Waals surface area contributed by atoms with Gasteiger partial charge in [0.25, 0.3) is 5.91 Å². The molecule has 1 heterocycles. The Hall–Kier alpha value is -1.88. The zero-order chi connectivity index (χ0) is 19.4. The number of nitrogens with one attached hydrogen (secondary N) is 1. The van der Waals surface area contributed by atoms with Crippen LogP contribution >= 0.6 is 0 Å². The lowest BCUT2D eigenvalue weighted by Crippen LogP contribution is -2.63. The minimum Gasteiger partial charge on any atom is -0.383 e. The number of carbonyl (C=O) groups is 2. The van der Waals surface area contributed by atoms with E-state index in [0.717, 1.165) is 37.7 Å². The van der Waals surface area contributed by atoms with Gasteiger partial charge in [-0.05, 0) is 30.4 Å². The summed E-state index contributed by atoms with van der Waals surface area (Å²) in [5.41, 5.74) is 1.11. The molecule has 3 rings (SSSR count). The van der Waals surface area contributed by atoms with Gasteiger partial charge in [0.05, 0.1) is 18.1 Å². The SMILES string of the molecule is COCCN1C(=O)c2ccccc2[C@H](C(=O)NCC(C)C)C12CCCCC2. The van der Waals surface area contributed by atoms with Crippen molar-refractivity contribution in [2.75, 3.05) is 26.8 Å². The summed E-state index contributed by atoms with van der Waals surface area (Å²) in [4.78, 5) is 28.7. The summed E-state index contributed by atoms with van der Waals surface area (Å²) in [5, 5.41) is 3.15. The van der Waals surface area contributed by atoms with Crippen LogP contribution in [0, 0.1) is 5.92 Å². The van der Waals surface area contributed by atoms with Crippen molar-refractivity contribution in [2.24, 2.45) is 5.92 Å². The van der Waals surface area contributed by atoms with Crippen molar-refractivity contribution in [3.63, 3.8) is 0 Å². The molecule has 2 aliphatic rings. The summed E-state index contributed by atoms with van der Waals surface area (Å²) in [6, 6.07) is 7.65. The molecule has 0 radical (unpaired) electrons. The maximum absolute atomic E-state index is 13.4.